The van der Waals surface area contributed by atoms with E-state index >= 15 is 0 Å². The predicted octanol–water partition coefficient (Wildman–Crippen LogP) is 1.24. The molecule has 0 aromatic carbocycles. The molecule has 4 nitrogen and oxygen atoms in total. The molecule has 0 spiro atoms. The first kappa shape index (κ1) is 7.91. The number of fused-ring (bicyclic) bond motifs is 1. The van der Waals surface area contributed by atoms with Crippen molar-refractivity contribution in [3.05, 3.63) is 30.0 Å². The van der Waals surface area contributed by atoms with Crippen molar-refractivity contribution in [1.29, 1.82) is 0 Å². The van der Waals surface area contributed by atoms with Crippen LogP contribution >= 0.6 is 0 Å². The number of hydrogen-bond acceptors (Lipinski definition) is 3. The van der Waals surface area contributed by atoms with Gasteiger partial charge in [0.15, 0.2) is 5.78 Å². The number of carbonyl (C=O) groups excluding carboxylic acids is 1. The van der Waals surface area contributed by atoms with Crippen LogP contribution in [0, 0.1) is 6.92 Å². The van der Waals surface area contributed by atoms with Crippen molar-refractivity contribution in [3.8, 4) is 0 Å². The molecule has 0 aliphatic rings. The van der Waals surface area contributed by atoms with Crippen LogP contribution in [0.2, 0.25) is 0 Å². The van der Waals surface area contributed by atoms with Crippen molar-refractivity contribution in [3.63, 3.8) is 0 Å². The van der Waals surface area contributed by atoms with E-state index in [1.165, 1.54) is 6.92 Å². The molecule has 0 atom stereocenters. The van der Waals surface area contributed by atoms with Gasteiger partial charge in [0.2, 0.25) is 0 Å². The summed E-state index contributed by atoms with van der Waals surface area (Å²) >= 11 is 0. The summed E-state index contributed by atoms with van der Waals surface area (Å²) in [4.78, 5) is 19.4. The van der Waals surface area contributed by atoms with E-state index in [4.69, 9.17) is 0 Å². The summed E-state index contributed by atoms with van der Waals surface area (Å²) in [5.74, 6) is 0.0120. The monoisotopic (exact) mass is 175 g/mol. The molecule has 4 heteroatoms. The second kappa shape index (κ2) is 2.65. The molecule has 0 radical (unpaired) electrons. The summed E-state index contributed by atoms with van der Waals surface area (Å²) < 4.78 is 1.71. The Balaban J connectivity index is 2.86. The maximum atomic E-state index is 11.3. The van der Waals surface area contributed by atoms with Crippen molar-refractivity contribution in [2.75, 3.05) is 0 Å². The van der Waals surface area contributed by atoms with Gasteiger partial charge in [0.05, 0.1) is 5.69 Å². The van der Waals surface area contributed by atoms with Gasteiger partial charge in [-0.1, -0.05) is 0 Å². The Hall–Kier alpha value is -1.71. The zero-order valence-electron chi connectivity index (χ0n) is 7.48. The normalized spacial score (nSPS) is 10.6. The fourth-order valence-electron chi connectivity index (χ4n) is 1.44. The van der Waals surface area contributed by atoms with E-state index in [0.717, 1.165) is 11.3 Å². The molecule has 0 bridgehead atoms. The highest BCUT2D eigenvalue weighted by Crippen LogP contribution is 2.10. The lowest BCUT2D eigenvalue weighted by Crippen LogP contribution is -2.00. The summed E-state index contributed by atoms with van der Waals surface area (Å²) in [5.41, 5.74) is 2.13. The van der Waals surface area contributed by atoms with E-state index in [-0.39, 0.29) is 5.78 Å². The van der Waals surface area contributed by atoms with Crippen LogP contribution in [0.4, 0.5) is 0 Å². The van der Waals surface area contributed by atoms with E-state index in [0.29, 0.717) is 5.69 Å². The van der Waals surface area contributed by atoms with Crippen molar-refractivity contribution in [1.82, 2.24) is 14.4 Å². The average molecular weight is 175 g/mol. The Bertz CT molecular complexity index is 473. The van der Waals surface area contributed by atoms with E-state index in [2.05, 4.69) is 9.97 Å². The fraction of sp³-hybridized carbons (Fsp3) is 0.222. The SMILES string of the molecule is CC(=O)c1c(C)nc2ccncn12. The van der Waals surface area contributed by atoms with Gasteiger partial charge >= 0.3 is 0 Å². The summed E-state index contributed by atoms with van der Waals surface area (Å²) in [6.07, 6.45) is 3.26. The Morgan fingerprint density at radius 3 is 3.00 bits per heavy atom. The Labute approximate surface area is 75.2 Å². The van der Waals surface area contributed by atoms with Gasteiger partial charge in [-0.05, 0) is 13.0 Å². The first-order chi connectivity index (χ1) is 6.20. The standard InChI is InChI=1S/C9H9N3O/c1-6-9(7(2)13)12-5-10-4-3-8(12)11-6/h3-5H,1-2H3. The second-order valence-electron chi connectivity index (χ2n) is 2.91. The molecule has 0 aliphatic carbocycles. The number of carbonyl (C=O) groups is 1. The highest BCUT2D eigenvalue weighted by atomic mass is 16.1. The van der Waals surface area contributed by atoms with E-state index < -0.39 is 0 Å². The zero-order chi connectivity index (χ0) is 9.42. The van der Waals surface area contributed by atoms with Crippen molar-refractivity contribution >= 4 is 11.4 Å². The van der Waals surface area contributed by atoms with E-state index in [1.54, 1.807) is 23.0 Å². The molecule has 2 aromatic heterocycles. The minimum Gasteiger partial charge on any atom is -0.293 e. The van der Waals surface area contributed by atoms with E-state index in [1.807, 2.05) is 6.92 Å². The molecular formula is C9H9N3O. The predicted molar refractivity (Wildman–Crippen MR) is 47.7 cm³/mol. The molecule has 0 N–H and O–H groups in total. The third-order valence-corrected chi connectivity index (χ3v) is 1.94. The van der Waals surface area contributed by atoms with Crippen LogP contribution in [-0.4, -0.2) is 20.2 Å². The molecule has 0 unspecified atom stereocenters. The van der Waals surface area contributed by atoms with Gasteiger partial charge in [-0.25, -0.2) is 9.97 Å². The van der Waals surface area contributed by atoms with Gasteiger partial charge in [0, 0.05) is 13.1 Å². The number of aryl methyl sites for hydroxylation is 1. The Morgan fingerprint density at radius 1 is 1.54 bits per heavy atom. The Morgan fingerprint density at radius 2 is 2.31 bits per heavy atom. The number of Topliss-reactive ketones (excluding diaryl/α,β-unsaturated/α-hetero) is 1. The summed E-state index contributed by atoms with van der Waals surface area (Å²) in [5, 5.41) is 0. The van der Waals surface area contributed by atoms with Crippen LogP contribution < -0.4 is 0 Å². The number of aromatic nitrogens is 3. The molecule has 66 valence electrons. The van der Waals surface area contributed by atoms with Crippen LogP contribution in [0.3, 0.4) is 0 Å². The lowest BCUT2D eigenvalue weighted by Gasteiger charge is -1.95. The molecular weight excluding hydrogens is 166 g/mol. The molecule has 0 saturated carbocycles. The third-order valence-electron chi connectivity index (χ3n) is 1.94. The minimum atomic E-state index is 0.0120. The molecule has 2 heterocycles. The molecule has 0 amide bonds. The number of rotatable bonds is 1. The van der Waals surface area contributed by atoms with Gasteiger partial charge in [-0.15, -0.1) is 0 Å². The maximum Gasteiger partial charge on any atom is 0.178 e. The third kappa shape index (κ3) is 1.11. The average Bonchev–Trinajstić information content (AvgIpc) is 2.39. The van der Waals surface area contributed by atoms with Gasteiger partial charge in [-0.2, -0.15) is 0 Å². The number of imidazole rings is 1. The molecule has 0 fully saturated rings. The lowest BCUT2D eigenvalue weighted by molar-refractivity contribution is 0.101. The van der Waals surface area contributed by atoms with Crippen molar-refractivity contribution < 1.29 is 4.79 Å². The topological polar surface area (TPSA) is 47.3 Å². The molecule has 0 aliphatic heterocycles. The van der Waals surface area contributed by atoms with Gasteiger partial charge < -0.3 is 0 Å². The zero-order valence-corrected chi connectivity index (χ0v) is 7.48. The van der Waals surface area contributed by atoms with Gasteiger partial charge in [0.25, 0.3) is 0 Å². The second-order valence-corrected chi connectivity index (χ2v) is 2.91. The number of hydrogen-bond donors (Lipinski definition) is 0. The van der Waals surface area contributed by atoms with Crippen LogP contribution in [-0.2, 0) is 0 Å². The van der Waals surface area contributed by atoms with Crippen molar-refractivity contribution in [2.24, 2.45) is 0 Å². The van der Waals surface area contributed by atoms with Gasteiger partial charge in [0.1, 0.15) is 17.7 Å². The van der Waals surface area contributed by atoms with Crippen molar-refractivity contribution in [2.45, 2.75) is 13.8 Å². The number of nitrogens with zero attached hydrogens (tertiary/aromatic N) is 3. The summed E-state index contributed by atoms with van der Waals surface area (Å²) in [6, 6.07) is 1.78. The van der Waals surface area contributed by atoms with Crippen LogP contribution in [0.5, 0.6) is 0 Å². The highest BCUT2D eigenvalue weighted by molar-refractivity contribution is 5.94. The summed E-state index contributed by atoms with van der Waals surface area (Å²) in [6.45, 7) is 3.35. The molecule has 13 heavy (non-hydrogen) atoms. The van der Waals surface area contributed by atoms with E-state index in [9.17, 15) is 4.79 Å². The molecule has 2 aromatic rings. The van der Waals surface area contributed by atoms with Gasteiger partial charge in [-0.3, -0.25) is 9.20 Å². The highest BCUT2D eigenvalue weighted by Gasteiger charge is 2.11. The molecule has 0 saturated heterocycles. The first-order valence-corrected chi connectivity index (χ1v) is 4.00. The largest absolute Gasteiger partial charge is 0.293 e. The quantitative estimate of drug-likeness (QED) is 0.612. The molecule has 2 rings (SSSR count). The van der Waals surface area contributed by atoms with Crippen LogP contribution in [0.25, 0.3) is 5.65 Å². The summed E-state index contributed by atoms with van der Waals surface area (Å²) in [7, 11) is 0. The fourth-order valence-corrected chi connectivity index (χ4v) is 1.44. The maximum absolute atomic E-state index is 11.3. The smallest absolute Gasteiger partial charge is 0.178 e. The Kier molecular flexibility index (Phi) is 1.62. The van der Waals surface area contributed by atoms with Crippen LogP contribution in [0.1, 0.15) is 23.1 Å². The number of ketones is 1. The van der Waals surface area contributed by atoms with Crippen LogP contribution in [0.15, 0.2) is 18.6 Å². The first-order valence-electron chi connectivity index (χ1n) is 4.00. The lowest BCUT2D eigenvalue weighted by atomic mass is 10.2. The minimum absolute atomic E-state index is 0.0120.